The topological polar surface area (TPSA) is 46.6 Å². The summed E-state index contributed by atoms with van der Waals surface area (Å²) in [5.74, 6) is -0.0433. The molecule has 0 unspecified atom stereocenters. The van der Waals surface area contributed by atoms with Gasteiger partial charge in [-0.3, -0.25) is 9.59 Å². The highest BCUT2D eigenvalue weighted by atomic mass is 16.5. The summed E-state index contributed by atoms with van der Waals surface area (Å²) >= 11 is 0. The summed E-state index contributed by atoms with van der Waals surface area (Å²) in [5.41, 5.74) is 0. The minimum Gasteiger partial charge on any atom is -0.469 e. The van der Waals surface area contributed by atoms with Crippen molar-refractivity contribution in [2.45, 2.75) is 31.7 Å². The highest BCUT2D eigenvalue weighted by Crippen LogP contribution is 2.32. The number of piperidine rings is 1. The van der Waals surface area contributed by atoms with E-state index in [1.54, 1.807) is 0 Å². The van der Waals surface area contributed by atoms with Gasteiger partial charge in [0.2, 0.25) is 5.91 Å². The molecule has 2 aliphatic rings. The van der Waals surface area contributed by atoms with Gasteiger partial charge >= 0.3 is 5.97 Å². The number of fused-ring (bicyclic) bond motifs is 1. The number of hydrogen-bond acceptors (Lipinski definition) is 3. The number of hydrogen-bond donors (Lipinski definition) is 0. The van der Waals surface area contributed by atoms with Crippen LogP contribution >= 0.6 is 0 Å². The van der Waals surface area contributed by atoms with E-state index in [0.29, 0.717) is 6.42 Å². The molecule has 0 saturated carbocycles. The molecular weight excluding hydrogens is 182 g/mol. The van der Waals surface area contributed by atoms with E-state index in [9.17, 15) is 9.59 Å². The van der Waals surface area contributed by atoms with Crippen molar-refractivity contribution in [2.75, 3.05) is 13.7 Å². The van der Waals surface area contributed by atoms with Crippen LogP contribution in [0.15, 0.2) is 0 Å². The predicted octanol–water partition coefficient (Wildman–Crippen LogP) is 0.560. The van der Waals surface area contributed by atoms with E-state index in [1.807, 2.05) is 4.90 Å². The Morgan fingerprint density at radius 1 is 1.50 bits per heavy atom. The van der Waals surface area contributed by atoms with Gasteiger partial charge in [-0.25, -0.2) is 0 Å². The average molecular weight is 197 g/mol. The Bertz CT molecular complexity index is 264. The number of ether oxygens (including phenoxy) is 1. The van der Waals surface area contributed by atoms with Gasteiger partial charge in [0.25, 0.3) is 0 Å². The molecule has 0 N–H and O–H groups in total. The Kier molecular flexibility index (Phi) is 2.44. The molecule has 0 bridgehead atoms. The minimum atomic E-state index is -0.158. The summed E-state index contributed by atoms with van der Waals surface area (Å²) in [5, 5.41) is 0. The van der Waals surface area contributed by atoms with Crippen molar-refractivity contribution >= 4 is 11.9 Å². The largest absolute Gasteiger partial charge is 0.469 e. The zero-order valence-corrected chi connectivity index (χ0v) is 8.36. The van der Waals surface area contributed by atoms with Crippen LogP contribution in [0, 0.1) is 5.92 Å². The second-order valence-electron chi connectivity index (χ2n) is 3.97. The van der Waals surface area contributed by atoms with Gasteiger partial charge in [0.15, 0.2) is 0 Å². The lowest BCUT2D eigenvalue weighted by Gasteiger charge is -2.34. The van der Waals surface area contributed by atoms with Gasteiger partial charge in [-0.15, -0.1) is 0 Å². The number of nitrogens with zero attached hydrogens (tertiary/aromatic N) is 1. The third-order valence-corrected chi connectivity index (χ3v) is 3.26. The molecule has 2 heterocycles. The van der Waals surface area contributed by atoms with Crippen LogP contribution in [-0.4, -0.2) is 36.5 Å². The highest BCUT2D eigenvalue weighted by molar-refractivity contribution is 5.81. The normalized spacial score (nSPS) is 31.5. The van der Waals surface area contributed by atoms with E-state index in [-0.39, 0.29) is 23.8 Å². The maximum atomic E-state index is 11.5. The fraction of sp³-hybridized carbons (Fsp3) is 0.800. The minimum absolute atomic E-state index is 0.0831. The molecule has 4 nitrogen and oxygen atoms in total. The van der Waals surface area contributed by atoms with Gasteiger partial charge in [-0.1, -0.05) is 0 Å². The molecule has 78 valence electrons. The van der Waals surface area contributed by atoms with Crippen molar-refractivity contribution in [2.24, 2.45) is 5.92 Å². The van der Waals surface area contributed by atoms with Crippen LogP contribution in [0.2, 0.25) is 0 Å². The molecule has 0 aromatic heterocycles. The molecule has 0 aliphatic carbocycles. The molecule has 2 aliphatic heterocycles. The van der Waals surface area contributed by atoms with E-state index >= 15 is 0 Å². The molecule has 2 atom stereocenters. The summed E-state index contributed by atoms with van der Waals surface area (Å²) in [4.78, 5) is 24.7. The fourth-order valence-electron chi connectivity index (χ4n) is 2.56. The predicted molar refractivity (Wildman–Crippen MR) is 49.5 cm³/mol. The van der Waals surface area contributed by atoms with Gasteiger partial charge in [0.1, 0.15) is 0 Å². The van der Waals surface area contributed by atoms with Crippen LogP contribution in [0.4, 0.5) is 0 Å². The quantitative estimate of drug-likeness (QED) is 0.577. The van der Waals surface area contributed by atoms with Crippen molar-refractivity contribution < 1.29 is 14.3 Å². The third kappa shape index (κ3) is 1.38. The molecule has 14 heavy (non-hydrogen) atoms. The molecule has 2 saturated heterocycles. The second-order valence-corrected chi connectivity index (χ2v) is 3.97. The van der Waals surface area contributed by atoms with Crippen molar-refractivity contribution in [3.63, 3.8) is 0 Å². The summed E-state index contributed by atoms with van der Waals surface area (Å²) in [7, 11) is 1.41. The Balaban J connectivity index is 2.12. The SMILES string of the molecule is COC(=O)[C@H]1CCCN2C(=O)CC[C@H]12. The average Bonchev–Trinajstić information content (AvgIpc) is 2.59. The van der Waals surface area contributed by atoms with Crippen molar-refractivity contribution in [3.8, 4) is 0 Å². The van der Waals surface area contributed by atoms with E-state index in [4.69, 9.17) is 4.74 Å². The number of carbonyl (C=O) groups is 2. The maximum Gasteiger partial charge on any atom is 0.310 e. The molecular formula is C10H15NO3. The Morgan fingerprint density at radius 2 is 2.29 bits per heavy atom. The monoisotopic (exact) mass is 197 g/mol. The number of esters is 1. The number of carbonyl (C=O) groups excluding carboxylic acids is 2. The number of methoxy groups -OCH3 is 1. The first-order valence-corrected chi connectivity index (χ1v) is 5.11. The summed E-state index contributed by atoms with van der Waals surface area (Å²) in [6, 6.07) is 0.115. The van der Waals surface area contributed by atoms with Crippen LogP contribution in [0.3, 0.4) is 0 Å². The summed E-state index contributed by atoms with van der Waals surface area (Å²) in [6.07, 6.45) is 3.19. The lowest BCUT2D eigenvalue weighted by Crippen LogP contribution is -2.45. The number of rotatable bonds is 1. The van der Waals surface area contributed by atoms with Gasteiger partial charge in [0, 0.05) is 19.0 Å². The lowest BCUT2D eigenvalue weighted by molar-refractivity contribution is -0.150. The fourth-order valence-corrected chi connectivity index (χ4v) is 2.56. The molecule has 0 spiro atoms. The van der Waals surface area contributed by atoms with E-state index < -0.39 is 0 Å². The van der Waals surface area contributed by atoms with Crippen LogP contribution in [0.5, 0.6) is 0 Å². The van der Waals surface area contributed by atoms with Gasteiger partial charge in [0.05, 0.1) is 13.0 Å². The highest BCUT2D eigenvalue weighted by Gasteiger charge is 2.42. The molecule has 2 fully saturated rings. The molecule has 4 heteroatoms. The third-order valence-electron chi connectivity index (χ3n) is 3.26. The molecule has 1 amide bonds. The van der Waals surface area contributed by atoms with Gasteiger partial charge in [-0.05, 0) is 19.3 Å². The Hall–Kier alpha value is -1.06. The second kappa shape index (κ2) is 3.59. The standard InChI is InChI=1S/C10H15NO3/c1-14-10(13)7-3-2-6-11-8(7)4-5-9(11)12/h7-8H,2-6H2,1H3/t7-,8+/m0/s1. The van der Waals surface area contributed by atoms with Crippen molar-refractivity contribution in [1.29, 1.82) is 0 Å². The maximum absolute atomic E-state index is 11.5. The van der Waals surface area contributed by atoms with Gasteiger partial charge < -0.3 is 9.64 Å². The number of amides is 1. The lowest BCUT2D eigenvalue weighted by atomic mass is 9.89. The zero-order valence-electron chi connectivity index (χ0n) is 8.36. The van der Waals surface area contributed by atoms with Gasteiger partial charge in [-0.2, -0.15) is 0 Å². The molecule has 0 radical (unpaired) electrons. The zero-order chi connectivity index (χ0) is 10.1. The first-order chi connectivity index (χ1) is 6.74. The van der Waals surface area contributed by atoms with Crippen LogP contribution < -0.4 is 0 Å². The molecule has 0 aromatic rings. The smallest absolute Gasteiger partial charge is 0.310 e. The van der Waals surface area contributed by atoms with Crippen molar-refractivity contribution in [3.05, 3.63) is 0 Å². The first kappa shape index (κ1) is 9.49. The summed E-state index contributed by atoms with van der Waals surface area (Å²) < 4.78 is 4.76. The molecule has 2 rings (SSSR count). The van der Waals surface area contributed by atoms with Crippen LogP contribution in [0.1, 0.15) is 25.7 Å². The summed E-state index contributed by atoms with van der Waals surface area (Å²) in [6.45, 7) is 0.816. The van der Waals surface area contributed by atoms with E-state index in [1.165, 1.54) is 7.11 Å². The van der Waals surface area contributed by atoms with Crippen LogP contribution in [0.25, 0.3) is 0 Å². The Morgan fingerprint density at radius 3 is 3.00 bits per heavy atom. The molecule has 0 aromatic carbocycles. The van der Waals surface area contributed by atoms with E-state index in [0.717, 1.165) is 25.8 Å². The van der Waals surface area contributed by atoms with Crippen LogP contribution in [-0.2, 0) is 14.3 Å². The first-order valence-electron chi connectivity index (χ1n) is 5.11. The Labute approximate surface area is 83.2 Å². The van der Waals surface area contributed by atoms with Crippen molar-refractivity contribution in [1.82, 2.24) is 4.90 Å². The van der Waals surface area contributed by atoms with E-state index in [2.05, 4.69) is 0 Å².